The number of hydrogen-bond donors (Lipinski definition) is 3. The van der Waals surface area contributed by atoms with Crippen LogP contribution in [0.3, 0.4) is 0 Å². The van der Waals surface area contributed by atoms with Crippen LogP contribution in [0.4, 0.5) is 4.39 Å². The number of aliphatic imine (C=N–C) groups is 1. The number of nitrogens with zero attached hydrogens (tertiary/aromatic N) is 1. The van der Waals surface area contributed by atoms with E-state index in [2.05, 4.69) is 15.6 Å². The van der Waals surface area contributed by atoms with Crippen LogP contribution in [0.1, 0.15) is 17.7 Å². The molecule has 2 rings (SSSR count). The Labute approximate surface area is 187 Å². The first-order valence-corrected chi connectivity index (χ1v) is 9.17. The molecule has 1 heterocycles. The SMILES string of the molecule is CN=C(NCCCOCc1ccco1)NCC(Cc1ccc(F)cc1)C(N)=O.I. The lowest BCUT2D eigenvalue weighted by Gasteiger charge is -2.17. The molecular weight excluding hydrogens is 490 g/mol. The zero-order valence-electron chi connectivity index (χ0n) is 16.4. The number of guanidine groups is 1. The summed E-state index contributed by atoms with van der Waals surface area (Å²) >= 11 is 0. The lowest BCUT2D eigenvalue weighted by atomic mass is 9.98. The lowest BCUT2D eigenvalue weighted by molar-refractivity contribution is -0.121. The van der Waals surface area contributed by atoms with Gasteiger partial charge in [-0.15, -0.1) is 24.0 Å². The fraction of sp³-hybridized carbons (Fsp3) is 0.400. The molecule has 0 radical (unpaired) electrons. The fourth-order valence-corrected chi connectivity index (χ4v) is 2.57. The average molecular weight is 518 g/mol. The number of nitrogens with one attached hydrogen (secondary N) is 2. The van der Waals surface area contributed by atoms with Crippen molar-refractivity contribution in [2.75, 3.05) is 26.7 Å². The number of hydrogen-bond acceptors (Lipinski definition) is 4. The molecule has 7 nitrogen and oxygen atoms in total. The van der Waals surface area contributed by atoms with Gasteiger partial charge in [0, 0.05) is 26.7 Å². The number of halogens is 2. The minimum Gasteiger partial charge on any atom is -0.467 e. The maximum atomic E-state index is 13.0. The van der Waals surface area contributed by atoms with Gasteiger partial charge in [-0.05, 0) is 42.7 Å². The van der Waals surface area contributed by atoms with Crippen LogP contribution in [0.2, 0.25) is 0 Å². The van der Waals surface area contributed by atoms with Gasteiger partial charge in [0.25, 0.3) is 0 Å². The van der Waals surface area contributed by atoms with Gasteiger partial charge in [-0.1, -0.05) is 12.1 Å². The van der Waals surface area contributed by atoms with Crippen LogP contribution in [-0.2, 0) is 22.6 Å². The quantitative estimate of drug-likeness (QED) is 0.184. The Balaban J connectivity index is 0.00000420. The topological polar surface area (TPSA) is 102 Å². The highest BCUT2D eigenvalue weighted by atomic mass is 127. The van der Waals surface area contributed by atoms with E-state index in [4.69, 9.17) is 14.9 Å². The summed E-state index contributed by atoms with van der Waals surface area (Å²) in [5.74, 6) is 0.218. The van der Waals surface area contributed by atoms with Crippen LogP contribution >= 0.6 is 24.0 Å². The van der Waals surface area contributed by atoms with Crippen molar-refractivity contribution in [1.82, 2.24) is 10.6 Å². The third-order valence-electron chi connectivity index (χ3n) is 4.12. The molecule has 0 saturated carbocycles. The minimum absolute atomic E-state index is 0. The molecule has 2 aromatic rings. The second-order valence-electron chi connectivity index (χ2n) is 6.30. The monoisotopic (exact) mass is 518 g/mol. The average Bonchev–Trinajstić information content (AvgIpc) is 3.20. The number of ether oxygens (including phenoxy) is 1. The Hall–Kier alpha value is -2.14. The van der Waals surface area contributed by atoms with E-state index < -0.39 is 11.8 Å². The first-order valence-electron chi connectivity index (χ1n) is 9.17. The van der Waals surface area contributed by atoms with Crippen molar-refractivity contribution in [3.63, 3.8) is 0 Å². The standard InChI is InChI=1S/C20H27FN4O3.HI/c1-23-20(24-9-3-10-27-14-18-4-2-11-28-18)25-13-16(19(22)26)12-15-5-7-17(21)8-6-15;/h2,4-8,11,16H,3,9-10,12-14H2,1H3,(H2,22,26)(H2,23,24,25);1H. The third kappa shape index (κ3) is 9.75. The van der Waals surface area contributed by atoms with Gasteiger partial charge < -0.3 is 25.5 Å². The van der Waals surface area contributed by atoms with Gasteiger partial charge in [0.15, 0.2) is 5.96 Å². The molecule has 4 N–H and O–H groups in total. The Morgan fingerprint density at radius 2 is 2.03 bits per heavy atom. The molecule has 1 aromatic heterocycles. The normalized spacial score (nSPS) is 12.1. The summed E-state index contributed by atoms with van der Waals surface area (Å²) in [4.78, 5) is 15.9. The van der Waals surface area contributed by atoms with Crippen molar-refractivity contribution >= 4 is 35.8 Å². The van der Waals surface area contributed by atoms with Crippen LogP contribution < -0.4 is 16.4 Å². The molecule has 0 aliphatic rings. The predicted octanol–water partition coefficient (Wildman–Crippen LogP) is 2.45. The number of nitrogens with two attached hydrogens (primary N) is 1. The summed E-state index contributed by atoms with van der Waals surface area (Å²) in [6.07, 6.45) is 2.84. The molecular formula is C20H28FIN4O3. The molecule has 0 spiro atoms. The van der Waals surface area contributed by atoms with E-state index in [1.54, 1.807) is 25.4 Å². The highest BCUT2D eigenvalue weighted by Gasteiger charge is 2.16. The Morgan fingerprint density at radius 3 is 2.66 bits per heavy atom. The summed E-state index contributed by atoms with van der Waals surface area (Å²) in [6.45, 7) is 2.03. The summed E-state index contributed by atoms with van der Waals surface area (Å²) in [7, 11) is 1.65. The van der Waals surface area contributed by atoms with E-state index in [9.17, 15) is 9.18 Å². The molecule has 1 aromatic carbocycles. The van der Waals surface area contributed by atoms with Gasteiger partial charge in [0.1, 0.15) is 18.2 Å². The molecule has 160 valence electrons. The number of rotatable bonds is 11. The Kier molecular flexibility index (Phi) is 12.0. The summed E-state index contributed by atoms with van der Waals surface area (Å²) in [6, 6.07) is 9.74. The third-order valence-corrected chi connectivity index (χ3v) is 4.12. The van der Waals surface area contributed by atoms with Gasteiger partial charge in [-0.3, -0.25) is 9.79 Å². The molecule has 9 heteroatoms. The first-order chi connectivity index (χ1) is 13.6. The largest absolute Gasteiger partial charge is 0.467 e. The van der Waals surface area contributed by atoms with Crippen molar-refractivity contribution in [3.8, 4) is 0 Å². The van der Waals surface area contributed by atoms with Gasteiger partial charge in [-0.25, -0.2) is 4.39 Å². The summed E-state index contributed by atoms with van der Waals surface area (Å²) in [5.41, 5.74) is 6.35. The number of carbonyl (C=O) groups excluding carboxylic acids is 1. The van der Waals surface area contributed by atoms with Gasteiger partial charge in [0.05, 0.1) is 12.2 Å². The molecule has 0 saturated heterocycles. The molecule has 0 fully saturated rings. The second kappa shape index (κ2) is 13.9. The van der Waals surface area contributed by atoms with E-state index in [0.717, 1.165) is 17.7 Å². The molecule has 1 amide bonds. The van der Waals surface area contributed by atoms with E-state index in [-0.39, 0.29) is 29.8 Å². The van der Waals surface area contributed by atoms with Crippen molar-refractivity contribution in [3.05, 3.63) is 59.8 Å². The second-order valence-corrected chi connectivity index (χ2v) is 6.30. The molecule has 29 heavy (non-hydrogen) atoms. The highest BCUT2D eigenvalue weighted by molar-refractivity contribution is 14.0. The van der Waals surface area contributed by atoms with Crippen LogP contribution in [0.25, 0.3) is 0 Å². The smallest absolute Gasteiger partial charge is 0.222 e. The molecule has 0 bridgehead atoms. The van der Waals surface area contributed by atoms with E-state index in [0.29, 0.717) is 38.7 Å². The zero-order chi connectivity index (χ0) is 20.2. The minimum atomic E-state index is -0.430. The van der Waals surface area contributed by atoms with Crippen molar-refractivity contribution in [2.45, 2.75) is 19.4 Å². The highest BCUT2D eigenvalue weighted by Crippen LogP contribution is 2.09. The molecule has 1 unspecified atom stereocenters. The summed E-state index contributed by atoms with van der Waals surface area (Å²) < 4.78 is 23.7. The van der Waals surface area contributed by atoms with Crippen molar-refractivity contribution in [2.24, 2.45) is 16.6 Å². The summed E-state index contributed by atoms with van der Waals surface area (Å²) in [5, 5.41) is 6.27. The van der Waals surface area contributed by atoms with E-state index in [1.807, 2.05) is 12.1 Å². The Bertz CT molecular complexity index is 739. The number of amides is 1. The zero-order valence-corrected chi connectivity index (χ0v) is 18.7. The number of carbonyl (C=O) groups is 1. The maximum Gasteiger partial charge on any atom is 0.222 e. The van der Waals surface area contributed by atoms with Crippen molar-refractivity contribution < 1.29 is 18.3 Å². The molecule has 0 aliphatic carbocycles. The van der Waals surface area contributed by atoms with Crippen molar-refractivity contribution in [1.29, 1.82) is 0 Å². The van der Waals surface area contributed by atoms with E-state index in [1.165, 1.54) is 12.1 Å². The van der Waals surface area contributed by atoms with Gasteiger partial charge in [-0.2, -0.15) is 0 Å². The van der Waals surface area contributed by atoms with Crippen LogP contribution in [-0.4, -0.2) is 38.6 Å². The van der Waals surface area contributed by atoms with Crippen LogP contribution in [0.5, 0.6) is 0 Å². The molecule has 1 atom stereocenters. The fourth-order valence-electron chi connectivity index (χ4n) is 2.57. The molecule has 0 aliphatic heterocycles. The number of furan rings is 1. The maximum absolute atomic E-state index is 13.0. The van der Waals surface area contributed by atoms with Crippen LogP contribution in [0.15, 0.2) is 52.1 Å². The van der Waals surface area contributed by atoms with Gasteiger partial charge in [0.2, 0.25) is 5.91 Å². The lowest BCUT2D eigenvalue weighted by Crippen LogP contribution is -2.43. The Morgan fingerprint density at radius 1 is 1.28 bits per heavy atom. The predicted molar refractivity (Wildman–Crippen MR) is 121 cm³/mol. The number of primary amides is 1. The first kappa shape index (κ1) is 24.9. The number of benzene rings is 1. The van der Waals surface area contributed by atoms with Crippen LogP contribution in [0, 0.1) is 11.7 Å². The van der Waals surface area contributed by atoms with E-state index >= 15 is 0 Å². The van der Waals surface area contributed by atoms with Gasteiger partial charge >= 0.3 is 0 Å².